The normalized spacial score (nSPS) is 22.0. The highest BCUT2D eigenvalue weighted by Crippen LogP contribution is 2.61. The highest BCUT2D eigenvalue weighted by atomic mass is 32.2. The van der Waals surface area contributed by atoms with E-state index in [2.05, 4.69) is 18.8 Å². The molecule has 0 bridgehead atoms. The molecule has 2 aromatic rings. The number of carboxylic acid groups (broad SMARTS) is 1. The Bertz CT molecular complexity index is 1480. The lowest BCUT2D eigenvalue weighted by molar-refractivity contribution is -0.139. The van der Waals surface area contributed by atoms with E-state index in [4.69, 9.17) is 9.47 Å². The molecule has 10 heteroatoms. The molecule has 1 N–H and O–H groups in total. The van der Waals surface area contributed by atoms with E-state index in [0.717, 1.165) is 45.1 Å². The number of benzene rings is 1. The fraction of sp³-hybridized carbons (Fsp3) is 0.448. The number of aromatic nitrogens is 1. The molecule has 2 heterocycles. The summed E-state index contributed by atoms with van der Waals surface area (Å²) in [5, 5.41) is 10.1. The number of halogens is 1. The minimum atomic E-state index is -3.04. The first-order valence-electron chi connectivity index (χ1n) is 13.1. The standard InChI is InChI=1S/C29H32FNO6S2/c1-4-17-10-16(2)27(38-29(17)36-8-5-9-39(3,34)35)18-6-7-23(30)20(11-18)15-37-24-13-19-12-21-25(22(19)14-31-24)26(21)28(32)33/h6-7,11,13-14,21,25-26H,4-5,8-10,12,15H2,1-3H3,(H,32,33). The third-order valence-corrected chi connectivity index (χ3v) is 10.0. The van der Waals surface area contributed by atoms with Crippen LogP contribution in [0, 0.1) is 17.7 Å². The number of fused-ring (bicyclic) bond motifs is 3. The highest BCUT2D eigenvalue weighted by Gasteiger charge is 2.59. The molecule has 39 heavy (non-hydrogen) atoms. The first-order valence-corrected chi connectivity index (χ1v) is 16.0. The number of aliphatic carboxylic acids is 1. The Morgan fingerprint density at radius 2 is 2.05 bits per heavy atom. The van der Waals surface area contributed by atoms with Crippen molar-refractivity contribution in [2.24, 2.45) is 11.8 Å². The van der Waals surface area contributed by atoms with Gasteiger partial charge in [0.15, 0.2) is 5.09 Å². The third kappa shape index (κ3) is 6.01. The fourth-order valence-corrected chi connectivity index (χ4v) is 7.40. The van der Waals surface area contributed by atoms with E-state index in [1.54, 1.807) is 18.3 Å². The van der Waals surface area contributed by atoms with Crippen LogP contribution in [-0.4, -0.2) is 43.1 Å². The summed E-state index contributed by atoms with van der Waals surface area (Å²) >= 11 is 1.50. The van der Waals surface area contributed by atoms with Crippen molar-refractivity contribution in [1.82, 2.24) is 4.98 Å². The maximum Gasteiger partial charge on any atom is 0.307 e. The maximum absolute atomic E-state index is 14.8. The molecule has 1 aromatic heterocycles. The summed E-state index contributed by atoms with van der Waals surface area (Å²) in [5.41, 5.74) is 5.65. The molecule has 1 fully saturated rings. The summed E-state index contributed by atoms with van der Waals surface area (Å²) in [6.07, 6.45) is 5.62. The van der Waals surface area contributed by atoms with Gasteiger partial charge in [0.05, 0.1) is 18.3 Å². The van der Waals surface area contributed by atoms with Crippen LogP contribution in [0.15, 0.2) is 46.7 Å². The van der Waals surface area contributed by atoms with Gasteiger partial charge in [0, 0.05) is 34.9 Å². The van der Waals surface area contributed by atoms with Crippen LogP contribution in [0.1, 0.15) is 61.3 Å². The predicted molar refractivity (Wildman–Crippen MR) is 148 cm³/mol. The summed E-state index contributed by atoms with van der Waals surface area (Å²) < 4.78 is 49.5. The summed E-state index contributed by atoms with van der Waals surface area (Å²) in [6.45, 7) is 4.46. The van der Waals surface area contributed by atoms with E-state index in [9.17, 15) is 22.7 Å². The van der Waals surface area contributed by atoms with E-state index in [0.29, 0.717) is 30.9 Å². The molecule has 3 atom stereocenters. The van der Waals surface area contributed by atoms with Crippen LogP contribution < -0.4 is 4.74 Å². The van der Waals surface area contributed by atoms with Crippen molar-refractivity contribution in [3.8, 4) is 5.88 Å². The zero-order chi connectivity index (χ0) is 27.9. The average Bonchev–Trinajstić information content (AvgIpc) is 3.48. The van der Waals surface area contributed by atoms with Gasteiger partial charge in [-0.05, 0) is 72.9 Å². The molecule has 0 radical (unpaired) electrons. The van der Waals surface area contributed by atoms with Crippen molar-refractivity contribution in [2.45, 2.75) is 52.1 Å². The number of carbonyl (C=O) groups is 1. The second kappa shape index (κ2) is 11.0. The molecule has 7 nitrogen and oxygen atoms in total. The minimum absolute atomic E-state index is 0.0119. The van der Waals surface area contributed by atoms with Gasteiger partial charge in [0.1, 0.15) is 22.3 Å². The smallest absolute Gasteiger partial charge is 0.307 e. The Hall–Kier alpha value is -2.85. The number of thioether (sulfide) groups is 1. The minimum Gasteiger partial charge on any atom is -0.487 e. The molecule has 3 unspecified atom stereocenters. The number of rotatable bonds is 11. The molecule has 0 saturated heterocycles. The van der Waals surface area contributed by atoms with Crippen molar-refractivity contribution in [3.05, 3.63) is 74.8 Å². The zero-order valence-corrected chi connectivity index (χ0v) is 23.8. The van der Waals surface area contributed by atoms with Crippen LogP contribution in [-0.2, 0) is 32.4 Å². The number of ether oxygens (including phenoxy) is 2. The fourth-order valence-electron chi connectivity index (χ4n) is 5.58. The van der Waals surface area contributed by atoms with Crippen LogP contribution in [0.3, 0.4) is 0 Å². The lowest BCUT2D eigenvalue weighted by Crippen LogP contribution is -2.08. The van der Waals surface area contributed by atoms with Gasteiger partial charge < -0.3 is 14.6 Å². The number of nitrogens with zero attached hydrogens (tertiary/aromatic N) is 1. The van der Waals surface area contributed by atoms with E-state index in [1.165, 1.54) is 29.7 Å². The molecule has 5 rings (SSSR count). The second-order valence-electron chi connectivity index (χ2n) is 10.5. The lowest BCUT2D eigenvalue weighted by atomic mass is 10.0. The van der Waals surface area contributed by atoms with Gasteiger partial charge in [-0.1, -0.05) is 30.3 Å². The molecule has 1 aliphatic heterocycles. The Balaban J connectivity index is 1.26. The highest BCUT2D eigenvalue weighted by molar-refractivity contribution is 8.11. The molecule has 0 spiro atoms. The zero-order valence-electron chi connectivity index (χ0n) is 22.2. The Morgan fingerprint density at radius 3 is 2.77 bits per heavy atom. The number of sulfone groups is 1. The number of allylic oxidation sites excluding steroid dienone is 2. The van der Waals surface area contributed by atoms with Gasteiger partial charge in [-0.2, -0.15) is 0 Å². The Kier molecular flexibility index (Phi) is 7.79. The van der Waals surface area contributed by atoms with Crippen molar-refractivity contribution in [1.29, 1.82) is 0 Å². The molecular weight excluding hydrogens is 541 g/mol. The molecule has 3 aliphatic rings. The summed E-state index contributed by atoms with van der Waals surface area (Å²) in [4.78, 5) is 16.7. The quantitative estimate of drug-likeness (QED) is 0.341. The van der Waals surface area contributed by atoms with E-state index in [1.807, 2.05) is 6.07 Å². The van der Waals surface area contributed by atoms with Crippen LogP contribution in [0.2, 0.25) is 0 Å². The number of carboxylic acids is 1. The van der Waals surface area contributed by atoms with Gasteiger partial charge in [-0.3, -0.25) is 4.79 Å². The molecule has 0 amide bonds. The van der Waals surface area contributed by atoms with Gasteiger partial charge in [0.2, 0.25) is 5.88 Å². The average molecular weight is 574 g/mol. The van der Waals surface area contributed by atoms with Crippen LogP contribution >= 0.6 is 11.8 Å². The van der Waals surface area contributed by atoms with Crippen LogP contribution in [0.5, 0.6) is 5.88 Å². The summed E-state index contributed by atoms with van der Waals surface area (Å²) in [6, 6.07) is 6.83. The maximum atomic E-state index is 14.8. The second-order valence-corrected chi connectivity index (χ2v) is 13.8. The third-order valence-electron chi connectivity index (χ3n) is 7.62. The largest absolute Gasteiger partial charge is 0.487 e. The van der Waals surface area contributed by atoms with Gasteiger partial charge in [-0.25, -0.2) is 17.8 Å². The van der Waals surface area contributed by atoms with Gasteiger partial charge >= 0.3 is 5.97 Å². The first-order chi connectivity index (χ1) is 18.6. The molecule has 208 valence electrons. The van der Waals surface area contributed by atoms with Crippen molar-refractivity contribution in [3.63, 3.8) is 0 Å². The Labute approximate surface area is 232 Å². The van der Waals surface area contributed by atoms with Crippen molar-refractivity contribution in [2.75, 3.05) is 18.6 Å². The molecule has 1 saturated carbocycles. The van der Waals surface area contributed by atoms with E-state index >= 15 is 0 Å². The van der Waals surface area contributed by atoms with E-state index in [-0.39, 0.29) is 35.9 Å². The SMILES string of the molecule is CCC1=C(OCCCS(C)(=O)=O)SC(c2ccc(F)c(COc3cc4c(cn3)C3C(C4)C3C(=O)O)c2)=C(C)C1. The molecular formula is C29H32FNO6S2. The number of hydrogen-bond donors (Lipinski definition) is 1. The molecule has 1 aromatic carbocycles. The summed E-state index contributed by atoms with van der Waals surface area (Å²) in [7, 11) is -3.04. The topological polar surface area (TPSA) is 103 Å². The predicted octanol–water partition coefficient (Wildman–Crippen LogP) is 5.71. The molecule has 2 aliphatic carbocycles. The summed E-state index contributed by atoms with van der Waals surface area (Å²) in [5.74, 6) is -0.753. The van der Waals surface area contributed by atoms with Gasteiger partial charge in [0.25, 0.3) is 0 Å². The Morgan fingerprint density at radius 1 is 1.26 bits per heavy atom. The number of hydrogen-bond acceptors (Lipinski definition) is 7. The van der Waals surface area contributed by atoms with E-state index < -0.39 is 15.8 Å². The van der Waals surface area contributed by atoms with Crippen molar-refractivity contribution >= 4 is 32.5 Å². The lowest BCUT2D eigenvalue weighted by Gasteiger charge is -2.24. The first kappa shape index (κ1) is 27.7. The van der Waals surface area contributed by atoms with Gasteiger partial charge in [-0.15, -0.1) is 0 Å². The van der Waals surface area contributed by atoms with Crippen LogP contribution in [0.25, 0.3) is 4.91 Å². The van der Waals surface area contributed by atoms with Crippen molar-refractivity contribution < 1.29 is 32.2 Å². The van der Waals surface area contributed by atoms with Crippen LogP contribution in [0.4, 0.5) is 4.39 Å². The number of pyridine rings is 1. The monoisotopic (exact) mass is 573 g/mol.